The van der Waals surface area contributed by atoms with Gasteiger partial charge in [-0.15, -0.1) is 0 Å². The van der Waals surface area contributed by atoms with E-state index in [0.717, 1.165) is 16.8 Å². The van der Waals surface area contributed by atoms with Gasteiger partial charge in [0.25, 0.3) is 11.8 Å². The molecule has 10 heteroatoms. The zero-order chi connectivity index (χ0) is 30.3. The highest BCUT2D eigenvalue weighted by atomic mass is 16.5. The molecule has 8 rings (SSSR count). The maximum Gasteiger partial charge on any atom is 0.258 e. The van der Waals surface area contributed by atoms with Crippen LogP contribution in [0.3, 0.4) is 0 Å². The molecule has 0 aromatic heterocycles. The number of hydrogen-bond acceptors (Lipinski definition) is 7. The molecule has 0 aliphatic carbocycles. The molecular weight excluding hydrogens is 548 g/mol. The van der Waals surface area contributed by atoms with E-state index >= 15 is 0 Å². The molecule has 3 aromatic rings. The normalized spacial score (nSPS) is 19.3. The van der Waals surface area contributed by atoms with E-state index in [-0.39, 0.29) is 37.0 Å². The molecular formula is C33H38N4O6. The first-order valence-corrected chi connectivity index (χ1v) is 14.5. The Labute approximate surface area is 251 Å². The van der Waals surface area contributed by atoms with E-state index in [4.69, 9.17) is 14.2 Å². The molecule has 5 heterocycles. The minimum atomic E-state index is -0.469. The van der Waals surface area contributed by atoms with Crippen LogP contribution >= 0.6 is 0 Å². The van der Waals surface area contributed by atoms with Crippen LogP contribution in [0, 0.1) is 0 Å². The van der Waals surface area contributed by atoms with Crippen molar-refractivity contribution in [2.45, 2.75) is 38.0 Å². The molecule has 2 N–H and O–H groups in total. The van der Waals surface area contributed by atoms with Gasteiger partial charge in [0.05, 0.1) is 13.2 Å². The summed E-state index contributed by atoms with van der Waals surface area (Å²) in [6.07, 6.45) is 1.03. The third kappa shape index (κ3) is 7.57. The average molecular weight is 587 g/mol. The lowest BCUT2D eigenvalue weighted by Crippen LogP contribution is -2.58. The van der Waals surface area contributed by atoms with Crippen LogP contribution in [0.4, 0.5) is 5.69 Å². The highest BCUT2D eigenvalue weighted by molar-refractivity contribution is 5.94. The lowest BCUT2D eigenvalue weighted by atomic mass is 10.0. The van der Waals surface area contributed by atoms with Crippen molar-refractivity contribution >= 4 is 23.4 Å². The van der Waals surface area contributed by atoms with Crippen LogP contribution in [0.2, 0.25) is 0 Å². The molecule has 5 aliphatic rings. The Bertz CT molecular complexity index is 1440. The van der Waals surface area contributed by atoms with Gasteiger partial charge in [0.1, 0.15) is 11.9 Å². The van der Waals surface area contributed by atoms with Crippen LogP contribution in [0.15, 0.2) is 66.7 Å². The number of nitrogens with zero attached hydrogens (tertiary/aromatic N) is 2. The van der Waals surface area contributed by atoms with E-state index in [0.29, 0.717) is 55.2 Å². The van der Waals surface area contributed by atoms with Crippen LogP contribution in [-0.4, -0.2) is 75.7 Å². The van der Waals surface area contributed by atoms with Gasteiger partial charge in [-0.05, 0) is 66.1 Å². The summed E-state index contributed by atoms with van der Waals surface area (Å²) >= 11 is 0. The van der Waals surface area contributed by atoms with Crippen molar-refractivity contribution in [2.75, 3.05) is 45.8 Å². The summed E-state index contributed by atoms with van der Waals surface area (Å²) in [7, 11) is 5.44. The van der Waals surface area contributed by atoms with Gasteiger partial charge in [0.15, 0.2) is 18.1 Å². The van der Waals surface area contributed by atoms with Crippen molar-refractivity contribution in [1.82, 2.24) is 15.5 Å². The summed E-state index contributed by atoms with van der Waals surface area (Å²) < 4.78 is 17.7. The summed E-state index contributed by atoms with van der Waals surface area (Å²) in [6, 6.07) is 20.0. The maximum atomic E-state index is 13.4. The number of likely N-dealkylation sites (tertiary alicyclic amines) is 1. The minimum absolute atomic E-state index is 0.0523. The first-order chi connectivity index (χ1) is 20.8. The predicted molar refractivity (Wildman–Crippen MR) is 163 cm³/mol. The fourth-order valence-electron chi connectivity index (χ4n) is 5.27. The van der Waals surface area contributed by atoms with Gasteiger partial charge in [-0.2, -0.15) is 0 Å². The summed E-state index contributed by atoms with van der Waals surface area (Å²) in [5, 5.41) is 6.01. The minimum Gasteiger partial charge on any atom is -0.493 e. The number of rotatable bonds is 3. The Hall–Kier alpha value is -4.73. The Kier molecular flexibility index (Phi) is 9.34. The number of piperidine rings is 1. The molecule has 43 heavy (non-hydrogen) atoms. The van der Waals surface area contributed by atoms with Gasteiger partial charge in [-0.25, -0.2) is 0 Å². The smallest absolute Gasteiger partial charge is 0.258 e. The molecule has 0 saturated carbocycles. The zero-order valence-electron chi connectivity index (χ0n) is 24.8. The largest absolute Gasteiger partial charge is 0.493 e. The number of amides is 3. The van der Waals surface area contributed by atoms with Crippen LogP contribution in [0.25, 0.3) is 0 Å². The van der Waals surface area contributed by atoms with E-state index in [1.807, 2.05) is 79.7 Å². The molecule has 2 atom stereocenters. The predicted octanol–water partition coefficient (Wildman–Crippen LogP) is 3.18. The molecule has 5 aliphatic heterocycles. The van der Waals surface area contributed by atoms with E-state index in [9.17, 15) is 14.4 Å². The van der Waals surface area contributed by atoms with Crippen LogP contribution in [-0.2, 0) is 22.6 Å². The molecule has 3 aromatic carbocycles. The van der Waals surface area contributed by atoms with Gasteiger partial charge in [0, 0.05) is 57.8 Å². The first-order valence-electron chi connectivity index (χ1n) is 14.5. The number of nitrogens with one attached hydrogen (secondary N) is 2. The third-order valence-electron chi connectivity index (χ3n) is 7.74. The molecule has 1 fully saturated rings. The van der Waals surface area contributed by atoms with E-state index in [2.05, 4.69) is 10.6 Å². The maximum absolute atomic E-state index is 13.4. The Morgan fingerprint density at radius 1 is 0.953 bits per heavy atom. The zero-order valence-corrected chi connectivity index (χ0v) is 24.8. The number of hydrogen-bond donors (Lipinski definition) is 2. The van der Waals surface area contributed by atoms with Crippen LogP contribution in [0.5, 0.6) is 17.2 Å². The third-order valence-corrected chi connectivity index (χ3v) is 7.74. The molecule has 3 amide bonds. The van der Waals surface area contributed by atoms with E-state index in [1.165, 1.54) is 7.11 Å². The summed E-state index contributed by atoms with van der Waals surface area (Å²) in [5.41, 5.74) is 3.46. The number of methoxy groups -OCH3 is 1. The van der Waals surface area contributed by atoms with E-state index in [1.54, 1.807) is 11.0 Å². The summed E-state index contributed by atoms with van der Waals surface area (Å²) in [5.74, 6) is 1.06. The highest BCUT2D eigenvalue weighted by Gasteiger charge is 2.34. The second-order valence-electron chi connectivity index (χ2n) is 11.0. The van der Waals surface area contributed by atoms with Crippen molar-refractivity contribution in [3.63, 3.8) is 0 Å². The monoisotopic (exact) mass is 586 g/mol. The number of carbonyl (C=O) groups excluding carboxylic acids is 3. The van der Waals surface area contributed by atoms with Crippen molar-refractivity contribution in [3.05, 3.63) is 83.4 Å². The lowest BCUT2D eigenvalue weighted by molar-refractivity contribution is -0.125. The second-order valence-corrected chi connectivity index (χ2v) is 11.0. The number of anilines is 1. The number of ether oxygens (including phenoxy) is 3. The summed E-state index contributed by atoms with van der Waals surface area (Å²) in [6.45, 7) is 0.933. The first kappa shape index (κ1) is 29.8. The van der Waals surface area contributed by atoms with Crippen molar-refractivity contribution in [2.24, 2.45) is 0 Å². The quantitative estimate of drug-likeness (QED) is 0.485. The molecule has 10 nitrogen and oxygen atoms in total. The standard InChI is InChI=1S/C33H38N4O6/c1-36(2)25-10-8-24(9-11-25)33(40)37-17-16-28-27(20-37)35-32(39)21-42-29-14-6-22(18-30(29)41-3)7-15-31(38)34-19-23-4-12-26(43-28)13-5-23/h4-6,8-14,18,27-28H,7,15-17,19-21H2,1-3H3,(H,34,38)(H,35,39)/t27-,28-/m1/s1. The van der Waals surface area contributed by atoms with Gasteiger partial charge >= 0.3 is 0 Å². The van der Waals surface area contributed by atoms with E-state index < -0.39 is 6.04 Å². The SMILES string of the molecule is COc1cc2ccc1OCC(=O)N[C@@H]1CN(C(=O)c3ccc(N(C)C)cc3)CC[C@H]1Oc1ccc(cc1)CNC(=O)CC2. The fraction of sp³-hybridized carbons (Fsp3) is 0.364. The van der Waals surface area contributed by atoms with Crippen LogP contribution in [0.1, 0.15) is 34.3 Å². The van der Waals surface area contributed by atoms with Crippen molar-refractivity contribution < 1.29 is 28.6 Å². The van der Waals surface area contributed by atoms with Crippen LogP contribution < -0.4 is 29.7 Å². The molecule has 1 saturated heterocycles. The average Bonchev–Trinajstić information content (AvgIpc) is 3.02. The van der Waals surface area contributed by atoms with Crippen molar-refractivity contribution in [1.29, 1.82) is 0 Å². The molecule has 0 unspecified atom stereocenters. The van der Waals surface area contributed by atoms with Gasteiger partial charge < -0.3 is 34.6 Å². The van der Waals surface area contributed by atoms with Gasteiger partial charge in [0.2, 0.25) is 5.91 Å². The van der Waals surface area contributed by atoms with Gasteiger partial charge in [-0.1, -0.05) is 18.2 Å². The highest BCUT2D eigenvalue weighted by Crippen LogP contribution is 2.29. The number of carbonyl (C=O) groups is 3. The fourth-order valence-corrected chi connectivity index (χ4v) is 5.27. The Morgan fingerprint density at radius 2 is 1.70 bits per heavy atom. The topological polar surface area (TPSA) is 109 Å². The lowest BCUT2D eigenvalue weighted by Gasteiger charge is -2.39. The molecule has 4 bridgehead atoms. The Morgan fingerprint density at radius 3 is 2.42 bits per heavy atom. The van der Waals surface area contributed by atoms with Gasteiger partial charge in [-0.3, -0.25) is 14.4 Å². The molecule has 0 spiro atoms. The molecule has 0 radical (unpaired) electrons. The summed E-state index contributed by atoms with van der Waals surface area (Å²) in [4.78, 5) is 42.8. The Balaban J connectivity index is 1.36. The second kappa shape index (κ2) is 13.5. The molecule has 226 valence electrons. The number of aryl methyl sites for hydroxylation is 1. The number of benzene rings is 3. The van der Waals surface area contributed by atoms with Crippen molar-refractivity contribution in [3.8, 4) is 17.2 Å².